The van der Waals surface area contributed by atoms with Gasteiger partial charge in [0.1, 0.15) is 5.82 Å². The summed E-state index contributed by atoms with van der Waals surface area (Å²) in [6.07, 6.45) is 4.13. The summed E-state index contributed by atoms with van der Waals surface area (Å²) in [5.74, 6) is 1.18. The van der Waals surface area contributed by atoms with Crippen LogP contribution in [0.5, 0.6) is 0 Å². The van der Waals surface area contributed by atoms with Crippen LogP contribution in [0.25, 0.3) is 0 Å². The number of anilines is 1. The molecule has 1 aliphatic carbocycles. The maximum absolute atomic E-state index is 12.2. The summed E-state index contributed by atoms with van der Waals surface area (Å²) in [6.45, 7) is 1.98. The summed E-state index contributed by atoms with van der Waals surface area (Å²) in [5, 5.41) is 4.86. The second-order valence-corrected chi connectivity index (χ2v) is 5.57. The SMILES string of the molecule is Cc1ccnc(NC(=O)c2sccc2C2CC2)c1. The first-order valence-corrected chi connectivity index (χ1v) is 6.93. The standard InChI is InChI=1S/C14H14N2OS/c1-9-4-6-15-12(8-9)16-14(17)13-11(5-7-18-13)10-2-3-10/h4-8,10H,2-3H2,1H3,(H,15,16,17). The van der Waals surface area contributed by atoms with Gasteiger partial charge in [0.15, 0.2) is 0 Å². The van der Waals surface area contributed by atoms with Crippen molar-refractivity contribution in [3.05, 3.63) is 45.8 Å². The van der Waals surface area contributed by atoms with Crippen LogP contribution in [-0.2, 0) is 0 Å². The summed E-state index contributed by atoms with van der Waals surface area (Å²) in [4.78, 5) is 17.2. The lowest BCUT2D eigenvalue weighted by molar-refractivity contribution is 0.102. The van der Waals surface area contributed by atoms with Crippen molar-refractivity contribution in [1.29, 1.82) is 0 Å². The summed E-state index contributed by atoms with van der Waals surface area (Å²) in [5.41, 5.74) is 2.29. The van der Waals surface area contributed by atoms with Gasteiger partial charge in [0.2, 0.25) is 0 Å². The molecule has 92 valence electrons. The molecule has 1 saturated carbocycles. The molecule has 0 radical (unpaired) electrons. The second-order valence-electron chi connectivity index (χ2n) is 4.65. The lowest BCUT2D eigenvalue weighted by Crippen LogP contribution is -2.13. The Balaban J connectivity index is 1.80. The van der Waals surface area contributed by atoms with E-state index in [1.54, 1.807) is 6.20 Å². The zero-order valence-electron chi connectivity index (χ0n) is 10.1. The molecule has 2 heterocycles. The smallest absolute Gasteiger partial charge is 0.267 e. The molecule has 1 amide bonds. The van der Waals surface area contributed by atoms with E-state index in [1.807, 2.05) is 24.4 Å². The van der Waals surface area contributed by atoms with Crippen molar-refractivity contribution in [2.75, 3.05) is 5.32 Å². The summed E-state index contributed by atoms with van der Waals surface area (Å²) in [6, 6.07) is 5.86. The number of thiophene rings is 1. The van der Waals surface area contributed by atoms with Crippen molar-refractivity contribution < 1.29 is 4.79 Å². The number of amides is 1. The molecule has 1 N–H and O–H groups in total. The first-order valence-electron chi connectivity index (χ1n) is 6.05. The van der Waals surface area contributed by atoms with Gasteiger partial charge >= 0.3 is 0 Å². The molecule has 0 aliphatic heterocycles. The number of aryl methyl sites for hydroxylation is 1. The zero-order chi connectivity index (χ0) is 12.5. The molecule has 18 heavy (non-hydrogen) atoms. The third kappa shape index (κ3) is 2.29. The van der Waals surface area contributed by atoms with Gasteiger partial charge in [-0.1, -0.05) is 0 Å². The van der Waals surface area contributed by atoms with Gasteiger partial charge in [-0.15, -0.1) is 11.3 Å². The molecule has 1 fully saturated rings. The Morgan fingerprint density at radius 2 is 2.28 bits per heavy atom. The third-order valence-corrected chi connectivity index (χ3v) is 4.01. The molecule has 4 heteroatoms. The Morgan fingerprint density at radius 3 is 3.00 bits per heavy atom. The molecular formula is C14H14N2OS. The van der Waals surface area contributed by atoms with Crippen LogP contribution in [-0.4, -0.2) is 10.9 Å². The Hall–Kier alpha value is -1.68. The minimum absolute atomic E-state index is 0.0370. The third-order valence-electron chi connectivity index (χ3n) is 3.08. The van der Waals surface area contributed by atoms with Crippen LogP contribution in [0.2, 0.25) is 0 Å². The highest BCUT2D eigenvalue weighted by Gasteiger charge is 2.28. The fraction of sp³-hybridized carbons (Fsp3) is 0.286. The summed E-state index contributed by atoms with van der Waals surface area (Å²) in [7, 11) is 0. The molecule has 3 rings (SSSR count). The van der Waals surface area contributed by atoms with Crippen LogP contribution in [0.1, 0.15) is 39.6 Å². The van der Waals surface area contributed by atoms with Gasteiger partial charge in [0.05, 0.1) is 4.88 Å². The molecular weight excluding hydrogens is 244 g/mol. The topological polar surface area (TPSA) is 42.0 Å². The van der Waals surface area contributed by atoms with E-state index in [4.69, 9.17) is 0 Å². The summed E-state index contributed by atoms with van der Waals surface area (Å²) >= 11 is 1.51. The Morgan fingerprint density at radius 1 is 1.44 bits per heavy atom. The fourth-order valence-corrected chi connectivity index (χ4v) is 2.88. The van der Waals surface area contributed by atoms with Crippen LogP contribution >= 0.6 is 11.3 Å². The van der Waals surface area contributed by atoms with E-state index in [1.165, 1.54) is 29.7 Å². The number of pyridine rings is 1. The zero-order valence-corrected chi connectivity index (χ0v) is 11.0. The van der Waals surface area contributed by atoms with Gasteiger partial charge in [0, 0.05) is 6.20 Å². The van der Waals surface area contributed by atoms with E-state index in [9.17, 15) is 4.79 Å². The highest BCUT2D eigenvalue weighted by molar-refractivity contribution is 7.12. The van der Waals surface area contributed by atoms with Gasteiger partial charge in [-0.3, -0.25) is 4.79 Å². The van der Waals surface area contributed by atoms with Crippen molar-refractivity contribution in [2.45, 2.75) is 25.7 Å². The Labute approximate surface area is 110 Å². The molecule has 2 aromatic rings. The average molecular weight is 258 g/mol. The van der Waals surface area contributed by atoms with E-state index < -0.39 is 0 Å². The molecule has 3 nitrogen and oxygen atoms in total. The minimum Gasteiger partial charge on any atom is -0.306 e. The van der Waals surface area contributed by atoms with Gasteiger partial charge in [-0.25, -0.2) is 4.98 Å². The summed E-state index contributed by atoms with van der Waals surface area (Å²) < 4.78 is 0. The van der Waals surface area contributed by atoms with Crippen LogP contribution < -0.4 is 5.32 Å². The van der Waals surface area contributed by atoms with Crippen molar-refractivity contribution >= 4 is 23.1 Å². The highest BCUT2D eigenvalue weighted by Crippen LogP contribution is 2.43. The van der Waals surface area contributed by atoms with E-state index in [2.05, 4.69) is 16.4 Å². The number of hydrogen-bond donors (Lipinski definition) is 1. The number of nitrogens with zero attached hydrogens (tertiary/aromatic N) is 1. The Kier molecular flexibility index (Phi) is 2.88. The number of carbonyl (C=O) groups is 1. The first-order chi connectivity index (χ1) is 8.74. The molecule has 1 aliphatic rings. The minimum atomic E-state index is -0.0370. The normalized spacial score (nSPS) is 14.5. The molecule has 0 saturated heterocycles. The van der Waals surface area contributed by atoms with Crippen LogP contribution in [0.3, 0.4) is 0 Å². The molecule has 0 bridgehead atoms. The van der Waals surface area contributed by atoms with Crippen molar-refractivity contribution in [2.24, 2.45) is 0 Å². The predicted octanol–water partition coefficient (Wildman–Crippen LogP) is 3.58. The monoisotopic (exact) mass is 258 g/mol. The van der Waals surface area contributed by atoms with Crippen molar-refractivity contribution in [1.82, 2.24) is 4.98 Å². The van der Waals surface area contributed by atoms with E-state index >= 15 is 0 Å². The van der Waals surface area contributed by atoms with E-state index in [0.29, 0.717) is 11.7 Å². The first kappa shape index (κ1) is 11.4. The maximum atomic E-state index is 12.2. The quantitative estimate of drug-likeness (QED) is 0.914. The maximum Gasteiger partial charge on any atom is 0.267 e. The highest BCUT2D eigenvalue weighted by atomic mass is 32.1. The number of rotatable bonds is 3. The predicted molar refractivity (Wildman–Crippen MR) is 73.2 cm³/mol. The Bertz CT molecular complexity index is 587. The number of nitrogens with one attached hydrogen (secondary N) is 1. The molecule has 0 unspecified atom stereocenters. The lowest BCUT2D eigenvalue weighted by Gasteiger charge is -2.05. The second kappa shape index (κ2) is 4.53. The molecule has 0 aromatic carbocycles. The van der Waals surface area contributed by atoms with Gasteiger partial charge in [0.25, 0.3) is 5.91 Å². The van der Waals surface area contributed by atoms with Crippen LogP contribution in [0, 0.1) is 6.92 Å². The number of aromatic nitrogens is 1. The van der Waals surface area contributed by atoms with Crippen LogP contribution in [0.15, 0.2) is 29.8 Å². The fourth-order valence-electron chi connectivity index (χ4n) is 2.00. The average Bonchev–Trinajstić information content (AvgIpc) is 3.06. The van der Waals surface area contributed by atoms with Gasteiger partial charge < -0.3 is 5.32 Å². The van der Waals surface area contributed by atoms with Gasteiger partial charge in [-0.05, 0) is 60.4 Å². The largest absolute Gasteiger partial charge is 0.306 e. The molecule has 0 atom stereocenters. The number of carbonyl (C=O) groups excluding carboxylic acids is 1. The number of hydrogen-bond acceptors (Lipinski definition) is 3. The van der Waals surface area contributed by atoms with E-state index in [0.717, 1.165) is 10.4 Å². The lowest BCUT2D eigenvalue weighted by atomic mass is 10.1. The van der Waals surface area contributed by atoms with E-state index in [-0.39, 0.29) is 5.91 Å². The van der Waals surface area contributed by atoms with Crippen molar-refractivity contribution in [3.8, 4) is 0 Å². The van der Waals surface area contributed by atoms with Crippen LogP contribution in [0.4, 0.5) is 5.82 Å². The van der Waals surface area contributed by atoms with Gasteiger partial charge in [-0.2, -0.15) is 0 Å². The van der Waals surface area contributed by atoms with Crippen molar-refractivity contribution in [3.63, 3.8) is 0 Å². The molecule has 2 aromatic heterocycles. The molecule has 0 spiro atoms.